The second kappa shape index (κ2) is 5.16. The zero-order valence-corrected chi connectivity index (χ0v) is 11.6. The van der Waals surface area contributed by atoms with Crippen molar-refractivity contribution in [1.82, 2.24) is 14.7 Å². The van der Waals surface area contributed by atoms with E-state index in [9.17, 15) is 13.2 Å². The summed E-state index contributed by atoms with van der Waals surface area (Å²) in [5.74, 6) is 0. The minimum atomic E-state index is -3.54. The first-order chi connectivity index (χ1) is 8.88. The molecule has 0 amide bonds. The first-order valence-electron chi connectivity index (χ1n) is 5.89. The maximum Gasteiger partial charge on any atom is 0.323 e. The lowest BCUT2D eigenvalue weighted by atomic mass is 10.3. The van der Waals surface area contributed by atoms with E-state index in [0.717, 1.165) is 4.90 Å². The molecule has 0 saturated heterocycles. The average Bonchev–Trinajstić information content (AvgIpc) is 2.67. The van der Waals surface area contributed by atoms with Crippen LogP contribution in [0.25, 0.3) is 11.0 Å². The molecule has 0 aliphatic carbocycles. The number of rotatable bonds is 5. The topological polar surface area (TPSA) is 99.3 Å². The smallest absolute Gasteiger partial charge is 0.323 e. The molecule has 0 aliphatic heterocycles. The molecular weight excluding hydrogens is 268 g/mol. The molecule has 0 unspecified atom stereocenters. The molecule has 7 nitrogen and oxygen atoms in total. The highest BCUT2D eigenvalue weighted by molar-refractivity contribution is 7.89. The Morgan fingerprint density at radius 1 is 1.21 bits per heavy atom. The average molecular weight is 285 g/mol. The fourth-order valence-corrected chi connectivity index (χ4v) is 2.76. The molecule has 0 radical (unpaired) electrons. The summed E-state index contributed by atoms with van der Waals surface area (Å²) in [7, 11) is 0.361. The number of sulfonamides is 1. The van der Waals surface area contributed by atoms with Gasteiger partial charge in [0, 0.05) is 0 Å². The molecule has 2 rings (SSSR count). The fraction of sp³-hybridized carbons (Fsp3) is 0.364. The third-order valence-corrected chi connectivity index (χ3v) is 4.17. The Morgan fingerprint density at radius 2 is 1.89 bits per heavy atom. The zero-order valence-electron chi connectivity index (χ0n) is 10.8. The SMILES string of the molecule is C[NH+](C)CCNS(=O)(=O)c1ccc2[nH]c(=O)[nH]c2c1. The van der Waals surface area contributed by atoms with Crippen LogP contribution in [0.5, 0.6) is 0 Å². The van der Waals surface area contributed by atoms with E-state index in [-0.39, 0.29) is 10.6 Å². The van der Waals surface area contributed by atoms with Crippen molar-refractivity contribution in [1.29, 1.82) is 0 Å². The van der Waals surface area contributed by atoms with E-state index in [1.807, 2.05) is 14.1 Å². The van der Waals surface area contributed by atoms with Gasteiger partial charge < -0.3 is 14.9 Å². The fourth-order valence-electron chi connectivity index (χ4n) is 1.70. The molecule has 104 valence electrons. The number of aromatic amines is 2. The molecular formula is C11H17N4O3S+. The molecule has 1 heterocycles. The van der Waals surface area contributed by atoms with Gasteiger partial charge in [-0.3, -0.25) is 0 Å². The van der Waals surface area contributed by atoms with Crippen molar-refractivity contribution in [3.63, 3.8) is 0 Å². The molecule has 0 aliphatic rings. The van der Waals surface area contributed by atoms with Gasteiger partial charge in [-0.25, -0.2) is 17.9 Å². The van der Waals surface area contributed by atoms with Gasteiger partial charge in [0.15, 0.2) is 0 Å². The van der Waals surface area contributed by atoms with Gasteiger partial charge in [-0.1, -0.05) is 0 Å². The van der Waals surface area contributed by atoms with Crippen LogP contribution in [0.2, 0.25) is 0 Å². The van der Waals surface area contributed by atoms with Crippen LogP contribution in [-0.2, 0) is 10.0 Å². The number of benzene rings is 1. The van der Waals surface area contributed by atoms with E-state index in [4.69, 9.17) is 0 Å². The lowest BCUT2D eigenvalue weighted by Gasteiger charge is -2.09. The van der Waals surface area contributed by atoms with Crippen LogP contribution in [0.15, 0.2) is 27.9 Å². The van der Waals surface area contributed by atoms with E-state index in [2.05, 4.69) is 14.7 Å². The Bertz CT molecular complexity index is 730. The molecule has 0 saturated carbocycles. The Balaban J connectivity index is 2.24. The first kappa shape index (κ1) is 13.8. The minimum absolute atomic E-state index is 0.143. The van der Waals surface area contributed by atoms with Gasteiger partial charge in [-0.05, 0) is 18.2 Å². The van der Waals surface area contributed by atoms with Crippen LogP contribution < -0.4 is 15.3 Å². The monoisotopic (exact) mass is 285 g/mol. The van der Waals surface area contributed by atoms with Gasteiger partial charge in [0.25, 0.3) is 0 Å². The number of likely N-dealkylation sites (N-methyl/N-ethyl adjacent to an activating group) is 1. The summed E-state index contributed by atoms with van der Waals surface area (Å²) in [6.07, 6.45) is 0. The lowest BCUT2D eigenvalue weighted by Crippen LogP contribution is -3.06. The van der Waals surface area contributed by atoms with Gasteiger partial charge >= 0.3 is 5.69 Å². The highest BCUT2D eigenvalue weighted by Crippen LogP contribution is 2.14. The number of H-pyrrole nitrogens is 2. The number of fused-ring (bicyclic) bond motifs is 1. The van der Waals surface area contributed by atoms with Crippen molar-refractivity contribution in [3.8, 4) is 0 Å². The molecule has 0 spiro atoms. The van der Waals surface area contributed by atoms with Gasteiger partial charge in [-0.2, -0.15) is 0 Å². The van der Waals surface area contributed by atoms with Crippen LogP contribution in [0.4, 0.5) is 0 Å². The summed E-state index contributed by atoms with van der Waals surface area (Å²) in [5, 5.41) is 0. The summed E-state index contributed by atoms with van der Waals surface area (Å²) in [5.41, 5.74) is 0.710. The predicted molar refractivity (Wildman–Crippen MR) is 71.8 cm³/mol. The second-order valence-electron chi connectivity index (χ2n) is 4.64. The van der Waals surface area contributed by atoms with Gasteiger partial charge in [0.2, 0.25) is 10.0 Å². The Hall–Kier alpha value is -1.64. The number of quaternary nitrogens is 1. The van der Waals surface area contributed by atoms with Crippen LogP contribution in [-0.4, -0.2) is 45.6 Å². The van der Waals surface area contributed by atoms with Crippen LogP contribution in [0.1, 0.15) is 0 Å². The van der Waals surface area contributed by atoms with E-state index >= 15 is 0 Å². The number of hydrogen-bond donors (Lipinski definition) is 4. The standard InChI is InChI=1S/C11H16N4O3S/c1-15(2)6-5-12-19(17,18)8-3-4-9-10(7-8)14-11(16)13-9/h3-4,7,12H,5-6H2,1-2H3,(H2,13,14,16)/p+1. The van der Waals surface area contributed by atoms with E-state index < -0.39 is 10.0 Å². The molecule has 2 aromatic rings. The number of imidazole rings is 1. The van der Waals surface area contributed by atoms with Crippen molar-refractivity contribution in [2.45, 2.75) is 4.90 Å². The normalized spacial score (nSPS) is 12.4. The molecule has 8 heteroatoms. The van der Waals surface area contributed by atoms with Crippen molar-refractivity contribution >= 4 is 21.1 Å². The van der Waals surface area contributed by atoms with Crippen LogP contribution in [0.3, 0.4) is 0 Å². The van der Waals surface area contributed by atoms with Crippen LogP contribution in [0, 0.1) is 0 Å². The predicted octanol–water partition coefficient (Wildman–Crippen LogP) is -1.72. The minimum Gasteiger partial charge on any atom is -0.339 e. The molecule has 0 fully saturated rings. The molecule has 19 heavy (non-hydrogen) atoms. The van der Waals surface area contributed by atoms with Crippen molar-refractivity contribution in [3.05, 3.63) is 28.7 Å². The molecule has 1 aromatic carbocycles. The van der Waals surface area contributed by atoms with Crippen molar-refractivity contribution < 1.29 is 13.3 Å². The molecule has 0 bridgehead atoms. The largest absolute Gasteiger partial charge is 0.339 e. The van der Waals surface area contributed by atoms with Crippen molar-refractivity contribution in [2.24, 2.45) is 0 Å². The highest BCUT2D eigenvalue weighted by atomic mass is 32.2. The Kier molecular flexibility index (Phi) is 3.74. The molecule has 4 N–H and O–H groups in total. The zero-order chi connectivity index (χ0) is 14.0. The number of hydrogen-bond acceptors (Lipinski definition) is 3. The summed E-state index contributed by atoms with van der Waals surface area (Å²) < 4.78 is 26.6. The third-order valence-electron chi connectivity index (χ3n) is 2.71. The summed E-state index contributed by atoms with van der Waals surface area (Å²) in [6, 6.07) is 4.48. The Morgan fingerprint density at radius 3 is 2.58 bits per heavy atom. The first-order valence-corrected chi connectivity index (χ1v) is 7.37. The highest BCUT2D eigenvalue weighted by Gasteiger charge is 2.15. The van der Waals surface area contributed by atoms with E-state index in [1.54, 1.807) is 6.07 Å². The van der Waals surface area contributed by atoms with E-state index in [0.29, 0.717) is 24.1 Å². The Labute approximate surface area is 110 Å². The molecule has 1 aromatic heterocycles. The van der Waals surface area contributed by atoms with Gasteiger partial charge in [0.1, 0.15) is 0 Å². The number of nitrogens with one attached hydrogen (secondary N) is 4. The maximum absolute atomic E-state index is 12.0. The summed E-state index contributed by atoms with van der Waals surface area (Å²) in [4.78, 5) is 17.5. The number of aromatic nitrogens is 2. The molecule has 0 atom stereocenters. The third kappa shape index (κ3) is 3.22. The van der Waals surface area contributed by atoms with Crippen molar-refractivity contribution in [2.75, 3.05) is 27.2 Å². The second-order valence-corrected chi connectivity index (χ2v) is 6.41. The van der Waals surface area contributed by atoms with Gasteiger partial charge in [-0.15, -0.1) is 0 Å². The van der Waals surface area contributed by atoms with Gasteiger partial charge in [0.05, 0.1) is 43.1 Å². The lowest BCUT2D eigenvalue weighted by molar-refractivity contribution is -0.856. The maximum atomic E-state index is 12.0. The summed E-state index contributed by atoms with van der Waals surface area (Å²) >= 11 is 0. The van der Waals surface area contributed by atoms with Crippen LogP contribution >= 0.6 is 0 Å². The summed E-state index contributed by atoms with van der Waals surface area (Å²) in [6.45, 7) is 1.06. The quantitative estimate of drug-likeness (QED) is 0.526. The van der Waals surface area contributed by atoms with E-state index in [1.165, 1.54) is 12.1 Å².